The van der Waals surface area contributed by atoms with Gasteiger partial charge in [0.05, 0.1) is 31.2 Å². The van der Waals surface area contributed by atoms with Crippen molar-refractivity contribution in [2.75, 3.05) is 19.5 Å². The van der Waals surface area contributed by atoms with Gasteiger partial charge in [-0.2, -0.15) is 5.10 Å². The number of methoxy groups -OCH3 is 2. The Bertz CT molecular complexity index is 1300. The number of amides is 1. The molecule has 2 aromatic heterocycles. The van der Waals surface area contributed by atoms with Gasteiger partial charge in [-0.25, -0.2) is 4.52 Å². The van der Waals surface area contributed by atoms with Crippen LogP contribution in [0, 0.1) is 6.92 Å². The van der Waals surface area contributed by atoms with E-state index >= 15 is 0 Å². The van der Waals surface area contributed by atoms with Gasteiger partial charge in [-0.15, -0.1) is 10.2 Å². The van der Waals surface area contributed by atoms with Crippen molar-refractivity contribution in [3.05, 3.63) is 64.6 Å². The minimum atomic E-state index is -0.375. The maximum Gasteiger partial charge on any atom is 0.278 e. The normalized spacial score (nSPS) is 10.9. The van der Waals surface area contributed by atoms with Crippen molar-refractivity contribution < 1.29 is 14.3 Å². The fraction of sp³-hybridized carbons (Fsp3) is 0.217. The summed E-state index contributed by atoms with van der Waals surface area (Å²) in [5, 5.41) is 16.7. The number of halogens is 1. The standard InChI is InChI=1S/C23H22ClN5O3/c1-5-17-20(14-6-11-18(31-3)19(12-14)32-4)22-27-26-21(13(2)29(22)28-17)23(30)25-16-9-7-15(24)8-10-16/h6-12H,5H2,1-4H3,(H,25,30). The van der Waals surface area contributed by atoms with E-state index in [2.05, 4.69) is 15.5 Å². The van der Waals surface area contributed by atoms with Gasteiger partial charge in [-0.05, 0) is 55.3 Å². The van der Waals surface area contributed by atoms with Crippen LogP contribution < -0.4 is 14.8 Å². The Morgan fingerprint density at radius 2 is 1.78 bits per heavy atom. The molecule has 1 amide bonds. The molecule has 0 spiro atoms. The number of hydrogen-bond donors (Lipinski definition) is 1. The molecule has 0 fully saturated rings. The molecule has 0 aliphatic carbocycles. The molecule has 1 N–H and O–H groups in total. The SMILES string of the molecule is CCc1nn2c(C)c(C(=O)Nc3ccc(Cl)cc3)nnc2c1-c1ccc(OC)c(OC)c1. The van der Waals surface area contributed by atoms with E-state index in [-0.39, 0.29) is 11.6 Å². The smallest absolute Gasteiger partial charge is 0.278 e. The average molecular weight is 452 g/mol. The van der Waals surface area contributed by atoms with Crippen LogP contribution in [0.15, 0.2) is 42.5 Å². The summed E-state index contributed by atoms with van der Waals surface area (Å²) in [5.41, 5.74) is 4.51. The van der Waals surface area contributed by atoms with E-state index in [9.17, 15) is 4.79 Å². The lowest BCUT2D eigenvalue weighted by molar-refractivity contribution is 0.102. The fourth-order valence-corrected chi connectivity index (χ4v) is 3.64. The summed E-state index contributed by atoms with van der Waals surface area (Å²) in [4.78, 5) is 12.8. The molecule has 32 heavy (non-hydrogen) atoms. The van der Waals surface area contributed by atoms with Crippen molar-refractivity contribution >= 4 is 28.8 Å². The van der Waals surface area contributed by atoms with Crippen molar-refractivity contribution in [2.45, 2.75) is 20.3 Å². The van der Waals surface area contributed by atoms with E-state index in [1.165, 1.54) is 0 Å². The minimum Gasteiger partial charge on any atom is -0.493 e. The zero-order valence-electron chi connectivity index (χ0n) is 18.1. The molecule has 0 unspecified atom stereocenters. The summed E-state index contributed by atoms with van der Waals surface area (Å²) in [5.74, 6) is 0.865. The molecule has 0 saturated heterocycles. The highest BCUT2D eigenvalue weighted by Gasteiger charge is 2.22. The molecule has 0 radical (unpaired) electrons. The molecule has 0 aliphatic rings. The monoisotopic (exact) mass is 451 g/mol. The minimum absolute atomic E-state index is 0.191. The van der Waals surface area contributed by atoms with E-state index in [0.717, 1.165) is 16.8 Å². The van der Waals surface area contributed by atoms with Gasteiger partial charge in [-0.1, -0.05) is 24.6 Å². The third kappa shape index (κ3) is 3.85. The van der Waals surface area contributed by atoms with Gasteiger partial charge in [0.15, 0.2) is 22.8 Å². The molecule has 2 heterocycles. The quantitative estimate of drug-likeness (QED) is 0.461. The van der Waals surface area contributed by atoms with Crippen molar-refractivity contribution in [3.63, 3.8) is 0 Å². The summed E-state index contributed by atoms with van der Waals surface area (Å²) < 4.78 is 12.5. The lowest BCUT2D eigenvalue weighted by Crippen LogP contribution is -2.18. The number of rotatable bonds is 6. The molecule has 4 aromatic rings. The molecule has 0 atom stereocenters. The number of nitrogens with one attached hydrogen (secondary N) is 1. The second-order valence-corrected chi connectivity index (χ2v) is 7.51. The number of benzene rings is 2. The van der Waals surface area contributed by atoms with E-state index in [0.29, 0.717) is 40.0 Å². The Morgan fingerprint density at radius 3 is 2.44 bits per heavy atom. The molecule has 0 aliphatic heterocycles. The summed E-state index contributed by atoms with van der Waals surface area (Å²) in [6.45, 7) is 3.81. The Balaban J connectivity index is 1.78. The van der Waals surface area contributed by atoms with Crippen LogP contribution in [0.1, 0.15) is 28.8 Å². The van der Waals surface area contributed by atoms with E-state index in [1.807, 2.05) is 25.1 Å². The van der Waals surface area contributed by atoms with Crippen LogP contribution >= 0.6 is 11.6 Å². The first-order valence-corrected chi connectivity index (χ1v) is 10.4. The lowest BCUT2D eigenvalue weighted by Gasteiger charge is -2.10. The highest BCUT2D eigenvalue weighted by Crippen LogP contribution is 2.35. The highest BCUT2D eigenvalue weighted by molar-refractivity contribution is 6.30. The van der Waals surface area contributed by atoms with Gasteiger partial charge >= 0.3 is 0 Å². The van der Waals surface area contributed by atoms with E-state index < -0.39 is 0 Å². The Morgan fingerprint density at radius 1 is 1.06 bits per heavy atom. The average Bonchev–Trinajstić information content (AvgIpc) is 3.20. The first kappa shape index (κ1) is 21.6. The molecule has 9 heteroatoms. The van der Waals surface area contributed by atoms with E-state index in [4.69, 9.17) is 26.2 Å². The predicted molar refractivity (Wildman–Crippen MR) is 123 cm³/mol. The Kier molecular flexibility index (Phi) is 5.96. The van der Waals surface area contributed by atoms with Crippen molar-refractivity contribution in [1.82, 2.24) is 19.8 Å². The zero-order chi connectivity index (χ0) is 22.8. The number of carbonyl (C=O) groups excluding carboxylic acids is 1. The van der Waals surface area contributed by atoms with Crippen LogP contribution in [0.5, 0.6) is 11.5 Å². The number of aryl methyl sites for hydroxylation is 2. The van der Waals surface area contributed by atoms with Crippen LogP contribution in [-0.2, 0) is 6.42 Å². The van der Waals surface area contributed by atoms with Crippen LogP contribution in [0.4, 0.5) is 5.69 Å². The number of anilines is 1. The number of aromatic nitrogens is 4. The largest absolute Gasteiger partial charge is 0.493 e. The first-order valence-electron chi connectivity index (χ1n) is 10.0. The lowest BCUT2D eigenvalue weighted by atomic mass is 10.0. The number of hydrogen-bond acceptors (Lipinski definition) is 6. The van der Waals surface area contributed by atoms with Crippen LogP contribution in [0.2, 0.25) is 5.02 Å². The van der Waals surface area contributed by atoms with Gasteiger partial charge in [0.25, 0.3) is 5.91 Å². The predicted octanol–water partition coefficient (Wildman–Crippen LogP) is 4.59. The summed E-state index contributed by atoms with van der Waals surface area (Å²) in [6.07, 6.45) is 0.679. The van der Waals surface area contributed by atoms with Crippen LogP contribution in [-0.4, -0.2) is 39.9 Å². The van der Waals surface area contributed by atoms with E-state index in [1.54, 1.807) is 49.9 Å². The molecule has 4 rings (SSSR count). The summed E-state index contributed by atoms with van der Waals surface area (Å²) in [6, 6.07) is 12.5. The van der Waals surface area contributed by atoms with Crippen molar-refractivity contribution in [2.24, 2.45) is 0 Å². The third-order valence-electron chi connectivity index (χ3n) is 5.16. The van der Waals surface area contributed by atoms with Gasteiger partial charge in [-0.3, -0.25) is 4.79 Å². The van der Waals surface area contributed by atoms with Crippen molar-refractivity contribution in [3.8, 4) is 22.6 Å². The third-order valence-corrected chi connectivity index (χ3v) is 5.41. The molecule has 8 nitrogen and oxygen atoms in total. The van der Waals surface area contributed by atoms with Gasteiger partial charge in [0.2, 0.25) is 0 Å². The Hall–Kier alpha value is -3.65. The molecular weight excluding hydrogens is 430 g/mol. The zero-order valence-corrected chi connectivity index (χ0v) is 18.9. The first-order chi connectivity index (χ1) is 15.5. The van der Waals surface area contributed by atoms with Gasteiger partial charge < -0.3 is 14.8 Å². The van der Waals surface area contributed by atoms with Gasteiger partial charge in [0, 0.05) is 10.7 Å². The molecule has 0 bridgehead atoms. The fourth-order valence-electron chi connectivity index (χ4n) is 3.52. The van der Waals surface area contributed by atoms with Crippen molar-refractivity contribution in [1.29, 1.82) is 0 Å². The number of carbonyl (C=O) groups is 1. The number of fused-ring (bicyclic) bond motifs is 1. The second kappa shape index (κ2) is 8.84. The second-order valence-electron chi connectivity index (χ2n) is 7.08. The maximum atomic E-state index is 12.8. The van der Waals surface area contributed by atoms with Crippen LogP contribution in [0.25, 0.3) is 16.8 Å². The van der Waals surface area contributed by atoms with Gasteiger partial charge in [0.1, 0.15) is 0 Å². The van der Waals surface area contributed by atoms with Crippen LogP contribution in [0.3, 0.4) is 0 Å². The summed E-state index contributed by atoms with van der Waals surface area (Å²) in [7, 11) is 3.18. The topological polar surface area (TPSA) is 90.6 Å². The number of ether oxygens (including phenoxy) is 2. The molecule has 2 aromatic carbocycles. The molecule has 164 valence electrons. The molecule has 0 saturated carbocycles. The Labute approximate surface area is 190 Å². The highest BCUT2D eigenvalue weighted by atomic mass is 35.5. The summed E-state index contributed by atoms with van der Waals surface area (Å²) >= 11 is 5.91. The number of nitrogens with zero attached hydrogens (tertiary/aromatic N) is 4. The molecular formula is C23H22ClN5O3. The maximum absolute atomic E-state index is 12.8.